The lowest BCUT2D eigenvalue weighted by molar-refractivity contribution is 0.00194. The van der Waals surface area contributed by atoms with Gasteiger partial charge in [0, 0.05) is 0 Å². The molecule has 0 radical (unpaired) electrons. The monoisotopic (exact) mass is 196 g/mol. The molecule has 2 fully saturated rings. The highest BCUT2D eigenvalue weighted by Gasteiger charge is 2.50. The fourth-order valence-corrected chi connectivity index (χ4v) is 2.32. The van der Waals surface area contributed by atoms with Crippen LogP contribution in [0.2, 0.25) is 0 Å². The van der Waals surface area contributed by atoms with Crippen LogP contribution in [-0.4, -0.2) is 17.9 Å². The third-order valence-electron chi connectivity index (χ3n) is 3.42. The van der Waals surface area contributed by atoms with Crippen LogP contribution < -0.4 is 0 Å². The van der Waals surface area contributed by atoms with Gasteiger partial charge in [0.25, 0.3) is 0 Å². The van der Waals surface area contributed by atoms with Gasteiger partial charge in [-0.2, -0.15) is 0 Å². The Morgan fingerprint density at radius 2 is 2.36 bits per heavy atom. The third kappa shape index (κ3) is 1.41. The first-order chi connectivity index (χ1) is 6.51. The van der Waals surface area contributed by atoms with Crippen LogP contribution in [0.25, 0.3) is 0 Å². The molecule has 0 bridgehead atoms. The van der Waals surface area contributed by atoms with E-state index in [9.17, 15) is 4.79 Å². The maximum atomic E-state index is 11.0. The number of carbonyl (C=O) groups excluding carboxylic acids is 1. The van der Waals surface area contributed by atoms with Gasteiger partial charge in [0.1, 0.15) is 11.7 Å². The summed E-state index contributed by atoms with van der Waals surface area (Å²) in [5, 5.41) is 0. The number of hydrogen-bond acceptors (Lipinski definition) is 3. The van der Waals surface area contributed by atoms with Gasteiger partial charge < -0.3 is 9.47 Å². The van der Waals surface area contributed by atoms with Crippen molar-refractivity contribution in [3.8, 4) is 0 Å². The SMILES string of the molecule is C=C(C)[C@@H]1CC[C@]2(C)OC(=O)O[C@H]2C1. The molecule has 1 saturated carbocycles. The van der Waals surface area contributed by atoms with E-state index in [1.807, 2.05) is 13.8 Å². The van der Waals surface area contributed by atoms with Crippen LogP contribution in [0.15, 0.2) is 12.2 Å². The van der Waals surface area contributed by atoms with E-state index in [1.54, 1.807) is 0 Å². The largest absolute Gasteiger partial charge is 0.509 e. The van der Waals surface area contributed by atoms with E-state index in [-0.39, 0.29) is 11.7 Å². The third-order valence-corrected chi connectivity index (χ3v) is 3.42. The minimum atomic E-state index is -0.514. The van der Waals surface area contributed by atoms with Crippen molar-refractivity contribution in [2.75, 3.05) is 0 Å². The number of hydrogen-bond donors (Lipinski definition) is 0. The molecule has 3 nitrogen and oxygen atoms in total. The molecule has 2 rings (SSSR count). The zero-order chi connectivity index (χ0) is 10.3. The maximum Gasteiger partial charge on any atom is 0.509 e. The van der Waals surface area contributed by atoms with Crippen molar-refractivity contribution < 1.29 is 14.3 Å². The topological polar surface area (TPSA) is 35.5 Å². The molecule has 0 aromatic heterocycles. The van der Waals surface area contributed by atoms with E-state index in [2.05, 4.69) is 6.58 Å². The van der Waals surface area contributed by atoms with Crippen LogP contribution in [0, 0.1) is 5.92 Å². The molecule has 78 valence electrons. The van der Waals surface area contributed by atoms with Gasteiger partial charge >= 0.3 is 6.16 Å². The Labute approximate surface area is 84.1 Å². The summed E-state index contributed by atoms with van der Waals surface area (Å²) in [5.41, 5.74) is 0.790. The number of carbonyl (C=O) groups is 1. The summed E-state index contributed by atoms with van der Waals surface area (Å²) in [6.45, 7) is 7.94. The Bertz CT molecular complexity index is 284. The molecule has 3 heteroatoms. The average molecular weight is 196 g/mol. The molecule has 0 spiro atoms. The Morgan fingerprint density at radius 3 is 3.00 bits per heavy atom. The van der Waals surface area contributed by atoms with Crippen LogP contribution in [-0.2, 0) is 9.47 Å². The van der Waals surface area contributed by atoms with Crippen molar-refractivity contribution in [1.29, 1.82) is 0 Å². The molecule has 0 N–H and O–H groups in total. The Hall–Kier alpha value is -0.990. The molecule has 1 saturated heterocycles. The molecule has 1 heterocycles. The lowest BCUT2D eigenvalue weighted by atomic mass is 9.75. The number of rotatable bonds is 1. The molecule has 0 aromatic rings. The second kappa shape index (κ2) is 3.01. The van der Waals surface area contributed by atoms with E-state index < -0.39 is 6.16 Å². The highest BCUT2D eigenvalue weighted by molar-refractivity contribution is 5.63. The average Bonchev–Trinajstić information content (AvgIpc) is 2.37. The Balaban J connectivity index is 2.11. The van der Waals surface area contributed by atoms with Gasteiger partial charge in [0.05, 0.1) is 0 Å². The van der Waals surface area contributed by atoms with Gasteiger partial charge in [-0.15, -0.1) is 0 Å². The molecular formula is C11H16O3. The smallest absolute Gasteiger partial charge is 0.427 e. The van der Waals surface area contributed by atoms with E-state index in [1.165, 1.54) is 5.57 Å². The van der Waals surface area contributed by atoms with Gasteiger partial charge in [0.15, 0.2) is 0 Å². The fraction of sp³-hybridized carbons (Fsp3) is 0.727. The number of ether oxygens (including phenoxy) is 2. The van der Waals surface area contributed by atoms with Crippen LogP contribution in [0.3, 0.4) is 0 Å². The van der Waals surface area contributed by atoms with Gasteiger partial charge in [-0.05, 0) is 39.0 Å². The quantitative estimate of drug-likeness (QED) is 0.477. The van der Waals surface area contributed by atoms with Crippen molar-refractivity contribution in [1.82, 2.24) is 0 Å². The van der Waals surface area contributed by atoms with Gasteiger partial charge in [-0.1, -0.05) is 12.2 Å². The van der Waals surface area contributed by atoms with Gasteiger partial charge in [-0.3, -0.25) is 0 Å². The van der Waals surface area contributed by atoms with Crippen LogP contribution >= 0.6 is 0 Å². The molecule has 1 aliphatic heterocycles. The standard InChI is InChI=1S/C11H16O3/c1-7(2)8-4-5-11(3)9(6-8)13-10(12)14-11/h8-9H,1,4-6H2,2-3H3/t8-,9+,11+/m1/s1. The van der Waals surface area contributed by atoms with Crippen molar-refractivity contribution in [2.45, 2.75) is 44.8 Å². The first kappa shape index (κ1) is 9.56. The van der Waals surface area contributed by atoms with E-state index in [4.69, 9.17) is 9.47 Å². The highest BCUT2D eigenvalue weighted by atomic mass is 16.8. The molecule has 3 atom stereocenters. The van der Waals surface area contributed by atoms with E-state index in [0.29, 0.717) is 5.92 Å². The van der Waals surface area contributed by atoms with Crippen LogP contribution in [0.4, 0.5) is 4.79 Å². The summed E-state index contributed by atoms with van der Waals surface area (Å²) in [6, 6.07) is 0. The molecule has 0 unspecified atom stereocenters. The van der Waals surface area contributed by atoms with Crippen molar-refractivity contribution >= 4 is 6.16 Å². The lowest BCUT2D eigenvalue weighted by Crippen LogP contribution is -2.42. The zero-order valence-corrected chi connectivity index (χ0v) is 8.71. The Kier molecular flexibility index (Phi) is 2.05. The zero-order valence-electron chi connectivity index (χ0n) is 8.71. The summed E-state index contributed by atoms with van der Waals surface area (Å²) in [6.07, 6.45) is 2.18. The normalized spacial score (nSPS) is 41.1. The predicted octanol–water partition coefficient (Wildman–Crippen LogP) is 2.66. The highest BCUT2D eigenvalue weighted by Crippen LogP contribution is 2.42. The Morgan fingerprint density at radius 1 is 1.64 bits per heavy atom. The summed E-state index contributed by atoms with van der Waals surface area (Å²) in [5.74, 6) is 0.475. The van der Waals surface area contributed by atoms with E-state index >= 15 is 0 Å². The molecular weight excluding hydrogens is 180 g/mol. The van der Waals surface area contributed by atoms with Gasteiger partial charge in [-0.25, -0.2) is 4.79 Å². The second-order valence-electron chi connectivity index (χ2n) is 4.59. The van der Waals surface area contributed by atoms with Crippen molar-refractivity contribution in [3.05, 3.63) is 12.2 Å². The van der Waals surface area contributed by atoms with Crippen LogP contribution in [0.1, 0.15) is 33.1 Å². The predicted molar refractivity (Wildman–Crippen MR) is 51.9 cm³/mol. The minimum absolute atomic E-state index is 0.0783. The van der Waals surface area contributed by atoms with Crippen LogP contribution in [0.5, 0.6) is 0 Å². The van der Waals surface area contributed by atoms with Crippen molar-refractivity contribution in [3.63, 3.8) is 0 Å². The molecule has 14 heavy (non-hydrogen) atoms. The lowest BCUT2D eigenvalue weighted by Gasteiger charge is -2.35. The summed E-state index contributed by atoms with van der Waals surface area (Å²) in [7, 11) is 0. The van der Waals surface area contributed by atoms with Crippen molar-refractivity contribution in [2.24, 2.45) is 5.92 Å². The maximum absolute atomic E-state index is 11.0. The van der Waals surface area contributed by atoms with E-state index in [0.717, 1.165) is 19.3 Å². The second-order valence-corrected chi connectivity index (χ2v) is 4.59. The first-order valence-electron chi connectivity index (χ1n) is 5.06. The summed E-state index contributed by atoms with van der Waals surface area (Å²) < 4.78 is 10.3. The number of allylic oxidation sites excluding steroid dienone is 1. The molecule has 1 aliphatic carbocycles. The fourth-order valence-electron chi connectivity index (χ4n) is 2.32. The first-order valence-corrected chi connectivity index (χ1v) is 5.06. The summed E-state index contributed by atoms with van der Waals surface area (Å²) >= 11 is 0. The molecule has 2 aliphatic rings. The number of fused-ring (bicyclic) bond motifs is 1. The minimum Gasteiger partial charge on any atom is -0.427 e. The summed E-state index contributed by atoms with van der Waals surface area (Å²) in [4.78, 5) is 11.0. The van der Waals surface area contributed by atoms with Gasteiger partial charge in [0.2, 0.25) is 0 Å². The molecule has 0 aromatic carbocycles. The molecule has 0 amide bonds.